The van der Waals surface area contributed by atoms with Crippen molar-refractivity contribution in [3.63, 3.8) is 0 Å². The van der Waals surface area contributed by atoms with E-state index >= 15 is 0 Å². The molecule has 1 heterocycles. The highest BCUT2D eigenvalue weighted by Crippen LogP contribution is 2.22. The van der Waals surface area contributed by atoms with Crippen molar-refractivity contribution >= 4 is 0 Å². The summed E-state index contributed by atoms with van der Waals surface area (Å²) in [5.74, 6) is -1.77. The lowest BCUT2D eigenvalue weighted by atomic mass is 9.98. The van der Waals surface area contributed by atoms with Crippen LogP contribution < -0.4 is 0 Å². The summed E-state index contributed by atoms with van der Waals surface area (Å²) in [5, 5.41) is 36.3. The van der Waals surface area contributed by atoms with Gasteiger partial charge in [0.1, 0.15) is 18.3 Å². The Labute approximate surface area is 63.8 Å². The van der Waals surface area contributed by atoms with E-state index in [4.69, 9.17) is 15.3 Å². The van der Waals surface area contributed by atoms with Crippen LogP contribution in [0.4, 0.5) is 0 Å². The Morgan fingerprint density at radius 1 is 1.36 bits per heavy atom. The average molecular weight is 164 g/mol. The fraction of sp³-hybridized carbons (Fsp3) is 1.00. The average Bonchev–Trinajstić information content (AvgIpc) is 1.95. The van der Waals surface area contributed by atoms with E-state index in [9.17, 15) is 5.11 Å². The quantitative estimate of drug-likeness (QED) is 0.326. The van der Waals surface area contributed by atoms with Crippen LogP contribution in [0.3, 0.4) is 0 Å². The second-order valence-electron chi connectivity index (χ2n) is 2.87. The van der Waals surface area contributed by atoms with Crippen LogP contribution in [0, 0.1) is 0 Å². The zero-order chi connectivity index (χ0) is 8.65. The Hall–Kier alpha value is -0.200. The van der Waals surface area contributed by atoms with Gasteiger partial charge in [0.25, 0.3) is 0 Å². The Kier molecular flexibility index (Phi) is 2.17. The molecule has 1 aliphatic heterocycles. The molecular weight excluding hydrogens is 152 g/mol. The lowest BCUT2D eigenvalue weighted by Crippen LogP contribution is -2.59. The molecule has 1 aliphatic rings. The van der Waals surface area contributed by atoms with E-state index in [0.29, 0.717) is 0 Å². The van der Waals surface area contributed by atoms with E-state index in [1.165, 1.54) is 6.92 Å². The van der Waals surface area contributed by atoms with Gasteiger partial charge in [0, 0.05) is 0 Å². The predicted molar refractivity (Wildman–Crippen MR) is 34.6 cm³/mol. The van der Waals surface area contributed by atoms with Gasteiger partial charge in [-0.05, 0) is 6.92 Å². The highest BCUT2D eigenvalue weighted by molar-refractivity contribution is 4.88. The van der Waals surface area contributed by atoms with Crippen molar-refractivity contribution < 1.29 is 25.2 Å². The van der Waals surface area contributed by atoms with E-state index in [1.54, 1.807) is 0 Å². The molecule has 0 aliphatic carbocycles. The number of rotatable bonds is 0. The minimum absolute atomic E-state index is 0.175. The molecule has 0 spiro atoms. The molecule has 0 saturated carbocycles. The van der Waals surface area contributed by atoms with Gasteiger partial charge >= 0.3 is 0 Å². The summed E-state index contributed by atoms with van der Waals surface area (Å²) >= 11 is 0. The van der Waals surface area contributed by atoms with Gasteiger partial charge in [-0.15, -0.1) is 0 Å². The molecule has 5 nitrogen and oxygen atoms in total. The maximum atomic E-state index is 9.19. The zero-order valence-electron chi connectivity index (χ0n) is 6.14. The van der Waals surface area contributed by atoms with Crippen molar-refractivity contribution in [3.8, 4) is 0 Å². The molecule has 4 atom stereocenters. The largest absolute Gasteiger partial charge is 0.388 e. The van der Waals surface area contributed by atoms with Crippen LogP contribution in [0.2, 0.25) is 0 Å². The van der Waals surface area contributed by atoms with Crippen LogP contribution in [0.25, 0.3) is 0 Å². The second kappa shape index (κ2) is 2.69. The van der Waals surface area contributed by atoms with Crippen molar-refractivity contribution in [2.75, 3.05) is 6.61 Å². The minimum Gasteiger partial charge on any atom is -0.388 e. The molecule has 1 rings (SSSR count). The van der Waals surface area contributed by atoms with Crippen LogP contribution in [0.5, 0.6) is 0 Å². The van der Waals surface area contributed by atoms with Crippen LogP contribution in [-0.4, -0.2) is 51.1 Å². The SMILES string of the molecule is C[C@]1(O)OC[C@@H](O)[C@H](O)[C@H]1O. The van der Waals surface area contributed by atoms with Crippen molar-refractivity contribution in [1.29, 1.82) is 0 Å². The summed E-state index contributed by atoms with van der Waals surface area (Å²) in [4.78, 5) is 0. The van der Waals surface area contributed by atoms with Crippen molar-refractivity contribution in [2.24, 2.45) is 0 Å². The summed E-state index contributed by atoms with van der Waals surface area (Å²) in [5.41, 5.74) is 0. The summed E-state index contributed by atoms with van der Waals surface area (Å²) in [6.45, 7) is 1.05. The molecule has 1 saturated heterocycles. The molecule has 0 aromatic heterocycles. The van der Waals surface area contributed by atoms with Gasteiger partial charge in [0.15, 0.2) is 5.79 Å². The first-order valence-corrected chi connectivity index (χ1v) is 3.35. The Bertz CT molecular complexity index is 146. The molecule has 0 bridgehead atoms. The zero-order valence-corrected chi connectivity index (χ0v) is 6.14. The molecule has 5 heteroatoms. The first kappa shape index (κ1) is 8.89. The number of aliphatic hydroxyl groups is 4. The Morgan fingerprint density at radius 2 is 1.91 bits per heavy atom. The summed E-state index contributed by atoms with van der Waals surface area (Å²) < 4.78 is 4.66. The Balaban J connectivity index is 2.67. The van der Waals surface area contributed by atoms with E-state index in [2.05, 4.69) is 4.74 Å². The molecule has 0 radical (unpaired) electrons. The number of ether oxygens (including phenoxy) is 1. The van der Waals surface area contributed by atoms with Gasteiger partial charge < -0.3 is 25.2 Å². The van der Waals surface area contributed by atoms with Crippen LogP contribution in [0.15, 0.2) is 0 Å². The highest BCUT2D eigenvalue weighted by Gasteiger charge is 2.44. The third kappa shape index (κ3) is 1.52. The normalized spacial score (nSPS) is 52.6. The van der Waals surface area contributed by atoms with E-state index in [1.807, 2.05) is 0 Å². The minimum atomic E-state index is -1.77. The Morgan fingerprint density at radius 3 is 2.36 bits per heavy atom. The third-order valence-electron chi connectivity index (χ3n) is 1.81. The van der Waals surface area contributed by atoms with E-state index in [-0.39, 0.29) is 6.61 Å². The van der Waals surface area contributed by atoms with E-state index in [0.717, 1.165) is 0 Å². The number of aliphatic hydroxyl groups excluding tert-OH is 3. The van der Waals surface area contributed by atoms with Gasteiger partial charge in [-0.1, -0.05) is 0 Å². The molecule has 0 aromatic rings. The second-order valence-corrected chi connectivity index (χ2v) is 2.87. The number of hydrogen-bond acceptors (Lipinski definition) is 5. The van der Waals surface area contributed by atoms with Crippen LogP contribution in [0.1, 0.15) is 6.92 Å². The topological polar surface area (TPSA) is 90.2 Å². The maximum Gasteiger partial charge on any atom is 0.191 e. The van der Waals surface area contributed by atoms with Gasteiger partial charge in [0.05, 0.1) is 6.61 Å². The number of hydrogen-bond donors (Lipinski definition) is 4. The van der Waals surface area contributed by atoms with Crippen molar-refractivity contribution in [3.05, 3.63) is 0 Å². The molecule has 0 aromatic carbocycles. The molecular formula is C6H12O5. The molecule has 11 heavy (non-hydrogen) atoms. The lowest BCUT2D eigenvalue weighted by molar-refractivity contribution is -0.312. The summed E-state index contributed by atoms with van der Waals surface area (Å²) in [6, 6.07) is 0. The summed E-state index contributed by atoms with van der Waals surface area (Å²) in [7, 11) is 0. The predicted octanol–water partition coefficient (Wildman–Crippen LogP) is -2.19. The first-order chi connectivity index (χ1) is 4.95. The third-order valence-corrected chi connectivity index (χ3v) is 1.81. The maximum absolute atomic E-state index is 9.19. The monoisotopic (exact) mass is 164 g/mol. The molecule has 4 N–H and O–H groups in total. The lowest BCUT2D eigenvalue weighted by Gasteiger charge is -2.39. The van der Waals surface area contributed by atoms with Gasteiger partial charge in [-0.3, -0.25) is 0 Å². The highest BCUT2D eigenvalue weighted by atomic mass is 16.6. The van der Waals surface area contributed by atoms with E-state index < -0.39 is 24.1 Å². The summed E-state index contributed by atoms with van der Waals surface area (Å²) in [6.07, 6.45) is -3.95. The van der Waals surface area contributed by atoms with Gasteiger partial charge in [-0.2, -0.15) is 0 Å². The van der Waals surface area contributed by atoms with Gasteiger partial charge in [-0.25, -0.2) is 0 Å². The molecule has 0 amide bonds. The van der Waals surface area contributed by atoms with Crippen LogP contribution in [-0.2, 0) is 4.74 Å². The molecule has 1 fully saturated rings. The first-order valence-electron chi connectivity index (χ1n) is 3.35. The van der Waals surface area contributed by atoms with Crippen molar-refractivity contribution in [1.82, 2.24) is 0 Å². The standard InChI is InChI=1S/C6H12O5/c1-6(10)5(9)4(8)3(7)2-11-6/h3-5,7-10H,2H2,1H3/t3-,4+,5-,6+/m1/s1. The van der Waals surface area contributed by atoms with Crippen molar-refractivity contribution in [2.45, 2.75) is 31.0 Å². The fourth-order valence-electron chi connectivity index (χ4n) is 0.965. The van der Waals surface area contributed by atoms with Gasteiger partial charge in [0.2, 0.25) is 0 Å². The van der Waals surface area contributed by atoms with Crippen LogP contribution >= 0.6 is 0 Å². The molecule has 66 valence electrons. The molecule has 0 unspecified atom stereocenters. The fourth-order valence-corrected chi connectivity index (χ4v) is 0.965. The smallest absolute Gasteiger partial charge is 0.191 e.